The summed E-state index contributed by atoms with van der Waals surface area (Å²) < 4.78 is 24.6. The maximum atomic E-state index is 12.3. The van der Waals surface area contributed by atoms with Crippen molar-refractivity contribution in [2.24, 2.45) is 5.73 Å². The van der Waals surface area contributed by atoms with Gasteiger partial charge in [-0.2, -0.15) is 0 Å². The summed E-state index contributed by atoms with van der Waals surface area (Å²) >= 11 is 0. The molecule has 2 N–H and O–H groups in total. The van der Waals surface area contributed by atoms with Crippen molar-refractivity contribution >= 4 is 23.3 Å². The largest absolute Gasteiger partial charge is 0.324 e. The molecule has 0 aliphatic carbocycles. The van der Waals surface area contributed by atoms with E-state index in [1.807, 2.05) is 24.3 Å². The Morgan fingerprint density at radius 1 is 1.18 bits per heavy atom. The van der Waals surface area contributed by atoms with Crippen LogP contribution in [0.1, 0.15) is 18.0 Å². The predicted octanol–water partition coefficient (Wildman–Crippen LogP) is 3.31. The van der Waals surface area contributed by atoms with Crippen molar-refractivity contribution in [3.8, 4) is 0 Å². The molecular weight excluding hydrogens is 246 g/mol. The number of hydrogen-bond acceptors (Lipinski definition) is 2. The Kier molecular flexibility index (Phi) is 4.78. The van der Waals surface area contributed by atoms with E-state index < -0.39 is 12.5 Å². The number of rotatable bonds is 3. The highest BCUT2D eigenvalue weighted by Crippen LogP contribution is 2.24. The summed E-state index contributed by atoms with van der Waals surface area (Å²) in [7, 11) is 0. The van der Waals surface area contributed by atoms with Crippen LogP contribution in [0.5, 0.6) is 0 Å². The molecule has 1 aromatic carbocycles. The first-order chi connectivity index (χ1) is 7.68. The van der Waals surface area contributed by atoms with Crippen LogP contribution in [0.25, 0.3) is 10.9 Å². The predicted molar refractivity (Wildman–Crippen MR) is 66.5 cm³/mol. The molecule has 1 aromatic heterocycles. The summed E-state index contributed by atoms with van der Waals surface area (Å²) in [5.74, 6) is 0. The lowest BCUT2D eigenvalue weighted by atomic mass is 10.0. The summed E-state index contributed by atoms with van der Waals surface area (Å²) in [6.45, 7) is 0. The van der Waals surface area contributed by atoms with Gasteiger partial charge in [-0.1, -0.05) is 18.2 Å². The minimum atomic E-state index is -2.39. The van der Waals surface area contributed by atoms with Crippen LogP contribution in [-0.4, -0.2) is 11.4 Å². The first kappa shape index (κ1) is 13.8. The molecule has 2 nitrogen and oxygen atoms in total. The topological polar surface area (TPSA) is 38.9 Å². The lowest BCUT2D eigenvalue weighted by molar-refractivity contribution is 0.128. The number of hydrogen-bond donors (Lipinski definition) is 1. The molecule has 0 aliphatic rings. The number of para-hydroxylation sites is 1. The summed E-state index contributed by atoms with van der Waals surface area (Å²) in [5, 5.41) is 0.846. The van der Waals surface area contributed by atoms with E-state index in [4.69, 9.17) is 5.73 Å². The van der Waals surface area contributed by atoms with Gasteiger partial charge in [-0.15, -0.1) is 12.4 Å². The van der Waals surface area contributed by atoms with Gasteiger partial charge in [0.25, 0.3) is 0 Å². The molecule has 0 amide bonds. The normalized spacial score (nSPS) is 12.5. The van der Waals surface area contributed by atoms with E-state index in [1.54, 1.807) is 12.3 Å². The van der Waals surface area contributed by atoms with Gasteiger partial charge in [0.1, 0.15) is 0 Å². The molecule has 92 valence electrons. The van der Waals surface area contributed by atoms with Crippen molar-refractivity contribution in [1.29, 1.82) is 0 Å². The number of pyridine rings is 1. The second-order valence-corrected chi connectivity index (χ2v) is 3.65. The molecule has 2 aromatic rings. The number of benzene rings is 1. The Hall–Kier alpha value is -1.26. The maximum absolute atomic E-state index is 12.3. The van der Waals surface area contributed by atoms with Gasteiger partial charge < -0.3 is 5.73 Å². The zero-order valence-corrected chi connectivity index (χ0v) is 9.83. The average molecular weight is 259 g/mol. The molecule has 0 unspecified atom stereocenters. The van der Waals surface area contributed by atoms with E-state index in [0.29, 0.717) is 0 Å². The Balaban J connectivity index is 0.00000144. The van der Waals surface area contributed by atoms with Crippen LogP contribution in [0.2, 0.25) is 0 Å². The molecule has 2 rings (SSSR count). The van der Waals surface area contributed by atoms with Gasteiger partial charge in [-0.25, -0.2) is 8.78 Å². The Morgan fingerprint density at radius 3 is 2.59 bits per heavy atom. The summed E-state index contributed by atoms with van der Waals surface area (Å²) in [4.78, 5) is 4.16. The first-order valence-corrected chi connectivity index (χ1v) is 5.06. The number of fused-ring (bicyclic) bond motifs is 1. The van der Waals surface area contributed by atoms with E-state index in [2.05, 4.69) is 4.98 Å². The zero-order chi connectivity index (χ0) is 11.5. The molecule has 0 aliphatic heterocycles. The fourth-order valence-electron chi connectivity index (χ4n) is 1.76. The quantitative estimate of drug-likeness (QED) is 0.917. The minimum Gasteiger partial charge on any atom is -0.324 e. The van der Waals surface area contributed by atoms with Crippen LogP contribution >= 0.6 is 12.4 Å². The summed E-state index contributed by atoms with van der Waals surface area (Å²) in [6.07, 6.45) is -1.11. The fraction of sp³-hybridized carbons (Fsp3) is 0.250. The lowest BCUT2D eigenvalue weighted by Crippen LogP contribution is -2.14. The maximum Gasteiger partial charge on any atom is 0.240 e. The van der Waals surface area contributed by atoms with Crippen LogP contribution < -0.4 is 5.73 Å². The van der Waals surface area contributed by atoms with E-state index in [9.17, 15) is 8.78 Å². The number of nitrogens with zero attached hydrogens (tertiary/aromatic N) is 1. The van der Waals surface area contributed by atoms with E-state index in [-0.39, 0.29) is 18.8 Å². The Bertz CT molecular complexity index is 485. The van der Waals surface area contributed by atoms with Crippen molar-refractivity contribution in [2.45, 2.75) is 18.9 Å². The summed E-state index contributed by atoms with van der Waals surface area (Å²) in [6, 6.07) is 8.46. The highest BCUT2D eigenvalue weighted by Gasteiger charge is 2.15. The number of aromatic nitrogens is 1. The van der Waals surface area contributed by atoms with Crippen LogP contribution in [0.3, 0.4) is 0 Å². The van der Waals surface area contributed by atoms with Gasteiger partial charge in [0.05, 0.1) is 5.52 Å². The molecule has 5 heteroatoms. The second kappa shape index (κ2) is 5.89. The monoisotopic (exact) mass is 258 g/mol. The van der Waals surface area contributed by atoms with Gasteiger partial charge in [0.15, 0.2) is 0 Å². The van der Waals surface area contributed by atoms with Crippen LogP contribution in [0.15, 0.2) is 36.5 Å². The summed E-state index contributed by atoms with van der Waals surface area (Å²) in [5.41, 5.74) is 7.26. The molecule has 1 heterocycles. The van der Waals surface area contributed by atoms with Crippen LogP contribution in [0.4, 0.5) is 8.78 Å². The molecule has 1 atom stereocenters. The third-order valence-corrected chi connectivity index (χ3v) is 2.51. The molecule has 0 saturated heterocycles. The van der Waals surface area contributed by atoms with Gasteiger partial charge in [0, 0.05) is 24.0 Å². The molecule has 17 heavy (non-hydrogen) atoms. The molecular formula is C12H13ClF2N2. The van der Waals surface area contributed by atoms with Gasteiger partial charge >= 0.3 is 0 Å². The smallest absolute Gasteiger partial charge is 0.240 e. The molecule has 0 radical (unpaired) electrons. The number of halogens is 3. The standard InChI is InChI=1S/C12H12F2N2.ClH/c13-12(14)7-10(15)8-5-6-16-11-4-2-1-3-9(8)11;/h1-6,10,12H,7,15H2;1H/t10-;/m1./s1. The highest BCUT2D eigenvalue weighted by atomic mass is 35.5. The van der Waals surface area contributed by atoms with Crippen molar-refractivity contribution in [1.82, 2.24) is 4.98 Å². The SMILES string of the molecule is Cl.N[C@H](CC(F)F)c1ccnc2ccccc12. The lowest BCUT2D eigenvalue weighted by Gasteiger charge is -2.13. The van der Waals surface area contributed by atoms with Crippen LogP contribution in [0, 0.1) is 0 Å². The minimum absolute atomic E-state index is 0. The number of nitrogens with two attached hydrogens (primary N) is 1. The van der Waals surface area contributed by atoms with Crippen LogP contribution in [-0.2, 0) is 0 Å². The van der Waals surface area contributed by atoms with Crippen molar-refractivity contribution in [3.05, 3.63) is 42.1 Å². The van der Waals surface area contributed by atoms with E-state index >= 15 is 0 Å². The second-order valence-electron chi connectivity index (χ2n) is 3.65. The third-order valence-electron chi connectivity index (χ3n) is 2.51. The van der Waals surface area contributed by atoms with E-state index in [1.165, 1.54) is 0 Å². The molecule has 0 spiro atoms. The van der Waals surface area contributed by atoms with Gasteiger partial charge in [-0.3, -0.25) is 4.98 Å². The molecule has 0 bridgehead atoms. The highest BCUT2D eigenvalue weighted by molar-refractivity contribution is 5.85. The van der Waals surface area contributed by atoms with E-state index in [0.717, 1.165) is 16.5 Å². The Labute approximate surface area is 104 Å². The fourth-order valence-corrected chi connectivity index (χ4v) is 1.76. The average Bonchev–Trinajstić information content (AvgIpc) is 2.27. The molecule has 0 fully saturated rings. The Morgan fingerprint density at radius 2 is 1.88 bits per heavy atom. The molecule has 0 saturated carbocycles. The zero-order valence-electron chi connectivity index (χ0n) is 9.01. The number of alkyl halides is 2. The third kappa shape index (κ3) is 3.11. The first-order valence-electron chi connectivity index (χ1n) is 5.06. The van der Waals surface area contributed by atoms with Crippen molar-refractivity contribution in [2.75, 3.05) is 0 Å². The van der Waals surface area contributed by atoms with Gasteiger partial charge in [0.2, 0.25) is 6.43 Å². The van der Waals surface area contributed by atoms with Crippen molar-refractivity contribution in [3.63, 3.8) is 0 Å². The van der Waals surface area contributed by atoms with Crippen molar-refractivity contribution < 1.29 is 8.78 Å². The van der Waals surface area contributed by atoms with Gasteiger partial charge in [-0.05, 0) is 17.7 Å².